The molecule has 130 valence electrons. The number of hydrogen-bond donors (Lipinski definition) is 2. The first-order valence-corrected chi connectivity index (χ1v) is 8.18. The summed E-state index contributed by atoms with van der Waals surface area (Å²) >= 11 is 0. The van der Waals surface area contributed by atoms with Gasteiger partial charge in [-0.15, -0.1) is 0 Å². The van der Waals surface area contributed by atoms with E-state index in [-0.39, 0.29) is 11.9 Å². The second kappa shape index (κ2) is 8.49. The molecule has 1 aromatic heterocycles. The third-order valence-electron chi connectivity index (χ3n) is 3.81. The van der Waals surface area contributed by atoms with Crippen molar-refractivity contribution < 1.29 is 14.1 Å². The average Bonchev–Trinajstić information content (AvgIpc) is 2.89. The van der Waals surface area contributed by atoms with Crippen LogP contribution in [0.5, 0.6) is 5.75 Å². The number of rotatable bonds is 8. The van der Waals surface area contributed by atoms with Crippen molar-refractivity contribution in [2.75, 3.05) is 13.1 Å². The predicted molar refractivity (Wildman–Crippen MR) is 92.2 cm³/mol. The quantitative estimate of drug-likeness (QED) is 0.777. The molecule has 1 heterocycles. The molecule has 24 heavy (non-hydrogen) atoms. The van der Waals surface area contributed by atoms with Gasteiger partial charge in [0.25, 0.3) is 5.91 Å². The number of nitrogens with zero attached hydrogens (tertiary/aromatic N) is 1. The number of carbonyl (C=O) groups excluding carboxylic acids is 1. The lowest BCUT2D eigenvalue weighted by Gasteiger charge is -2.15. The summed E-state index contributed by atoms with van der Waals surface area (Å²) in [4.78, 5) is 12.4. The monoisotopic (exact) mass is 331 g/mol. The van der Waals surface area contributed by atoms with Crippen molar-refractivity contribution in [3.8, 4) is 5.75 Å². The Morgan fingerprint density at radius 2 is 2.08 bits per heavy atom. The van der Waals surface area contributed by atoms with Crippen molar-refractivity contribution in [1.29, 1.82) is 0 Å². The van der Waals surface area contributed by atoms with E-state index in [2.05, 4.69) is 15.8 Å². The van der Waals surface area contributed by atoms with Gasteiger partial charge >= 0.3 is 0 Å². The summed E-state index contributed by atoms with van der Waals surface area (Å²) in [7, 11) is 0. The van der Waals surface area contributed by atoms with E-state index in [1.807, 2.05) is 39.8 Å². The molecular formula is C18H25N3O3. The van der Waals surface area contributed by atoms with Gasteiger partial charge in [-0.3, -0.25) is 4.79 Å². The second-order valence-electron chi connectivity index (χ2n) is 5.76. The Balaban J connectivity index is 2.03. The van der Waals surface area contributed by atoms with E-state index in [0.29, 0.717) is 24.5 Å². The van der Waals surface area contributed by atoms with E-state index in [0.717, 1.165) is 23.6 Å². The Morgan fingerprint density at radius 3 is 2.75 bits per heavy atom. The molecule has 0 aliphatic rings. The molecule has 2 rings (SSSR count). The Hall–Kier alpha value is -2.34. The molecule has 6 heteroatoms. The second-order valence-corrected chi connectivity index (χ2v) is 5.76. The highest BCUT2D eigenvalue weighted by molar-refractivity contribution is 5.96. The number of benzene rings is 1. The maximum atomic E-state index is 12.4. The summed E-state index contributed by atoms with van der Waals surface area (Å²) in [5.74, 6) is 1.13. The van der Waals surface area contributed by atoms with Crippen LogP contribution in [0.15, 0.2) is 28.8 Å². The van der Waals surface area contributed by atoms with Crippen molar-refractivity contribution in [2.24, 2.45) is 0 Å². The first-order valence-electron chi connectivity index (χ1n) is 8.18. The molecule has 0 aliphatic carbocycles. The highest BCUT2D eigenvalue weighted by Crippen LogP contribution is 2.21. The molecule has 0 unspecified atom stereocenters. The van der Waals surface area contributed by atoms with Crippen LogP contribution in [0, 0.1) is 13.8 Å². The molecule has 6 nitrogen and oxygen atoms in total. The van der Waals surface area contributed by atoms with Crippen LogP contribution in [0.4, 0.5) is 0 Å². The molecule has 0 saturated heterocycles. The topological polar surface area (TPSA) is 76.4 Å². The van der Waals surface area contributed by atoms with Crippen LogP contribution in [0.25, 0.3) is 0 Å². The highest BCUT2D eigenvalue weighted by Gasteiger charge is 2.15. The summed E-state index contributed by atoms with van der Waals surface area (Å²) in [5.41, 5.74) is 2.23. The summed E-state index contributed by atoms with van der Waals surface area (Å²) in [6.07, 6.45) is 0. The molecular weight excluding hydrogens is 306 g/mol. The molecule has 2 N–H and O–H groups in total. The molecule has 0 saturated carbocycles. The molecule has 1 atom stereocenters. The SMILES string of the molecule is CCN[C@H](C)CNC(=O)c1ccccc1OCc1c(C)noc1C. The van der Waals surface area contributed by atoms with Crippen LogP contribution in [0.3, 0.4) is 0 Å². The zero-order valence-electron chi connectivity index (χ0n) is 14.7. The smallest absolute Gasteiger partial charge is 0.255 e. The summed E-state index contributed by atoms with van der Waals surface area (Å²) in [6.45, 7) is 9.54. The summed E-state index contributed by atoms with van der Waals surface area (Å²) in [5, 5.41) is 10.1. The molecule has 2 aromatic rings. The van der Waals surface area contributed by atoms with Crippen LogP contribution in [-0.2, 0) is 6.61 Å². The number of nitrogens with one attached hydrogen (secondary N) is 2. The zero-order chi connectivity index (χ0) is 17.5. The fourth-order valence-electron chi connectivity index (χ4n) is 2.40. The van der Waals surface area contributed by atoms with Gasteiger partial charge < -0.3 is 19.9 Å². The number of carbonyl (C=O) groups is 1. The third-order valence-corrected chi connectivity index (χ3v) is 3.81. The van der Waals surface area contributed by atoms with Gasteiger partial charge in [-0.05, 0) is 39.4 Å². The molecule has 0 radical (unpaired) electrons. The molecule has 0 aliphatic heterocycles. The van der Waals surface area contributed by atoms with Gasteiger partial charge in [0, 0.05) is 12.6 Å². The van der Waals surface area contributed by atoms with E-state index in [9.17, 15) is 4.79 Å². The minimum atomic E-state index is -0.144. The van der Waals surface area contributed by atoms with Gasteiger partial charge in [0.05, 0.1) is 16.8 Å². The maximum Gasteiger partial charge on any atom is 0.255 e. The van der Waals surface area contributed by atoms with E-state index >= 15 is 0 Å². The standard InChI is InChI=1S/C18H25N3O3/c1-5-19-12(2)10-20-18(22)15-8-6-7-9-17(15)23-11-16-13(3)21-24-14(16)4/h6-9,12,19H,5,10-11H2,1-4H3,(H,20,22)/t12-/m1/s1. The van der Waals surface area contributed by atoms with Gasteiger partial charge in [0.1, 0.15) is 18.1 Å². The maximum absolute atomic E-state index is 12.4. The average molecular weight is 331 g/mol. The largest absolute Gasteiger partial charge is 0.488 e. The molecule has 0 bridgehead atoms. The molecule has 1 amide bonds. The third kappa shape index (κ3) is 4.58. The van der Waals surface area contributed by atoms with Crippen LogP contribution in [0.2, 0.25) is 0 Å². The zero-order valence-corrected chi connectivity index (χ0v) is 14.7. The Bertz CT molecular complexity index is 662. The van der Waals surface area contributed by atoms with Crippen molar-refractivity contribution in [3.63, 3.8) is 0 Å². The minimum Gasteiger partial charge on any atom is -0.488 e. The summed E-state index contributed by atoms with van der Waals surface area (Å²) < 4.78 is 11.0. The lowest BCUT2D eigenvalue weighted by molar-refractivity contribution is 0.0945. The summed E-state index contributed by atoms with van der Waals surface area (Å²) in [6, 6.07) is 7.44. The number of likely N-dealkylation sites (N-methyl/N-ethyl adjacent to an activating group) is 1. The van der Waals surface area contributed by atoms with Crippen LogP contribution >= 0.6 is 0 Å². The van der Waals surface area contributed by atoms with E-state index in [1.165, 1.54) is 0 Å². The Labute approximate surface area is 142 Å². The number of ether oxygens (including phenoxy) is 1. The highest BCUT2D eigenvalue weighted by atomic mass is 16.5. The van der Waals surface area contributed by atoms with E-state index in [4.69, 9.17) is 9.26 Å². The number of hydrogen-bond acceptors (Lipinski definition) is 5. The number of aromatic nitrogens is 1. The number of para-hydroxylation sites is 1. The predicted octanol–water partition coefficient (Wildman–Crippen LogP) is 2.60. The molecule has 0 spiro atoms. The van der Waals surface area contributed by atoms with Crippen LogP contribution in [0.1, 0.15) is 41.2 Å². The van der Waals surface area contributed by atoms with E-state index < -0.39 is 0 Å². The lowest BCUT2D eigenvalue weighted by Crippen LogP contribution is -2.38. The van der Waals surface area contributed by atoms with Gasteiger partial charge in [0.15, 0.2) is 0 Å². The van der Waals surface area contributed by atoms with Crippen molar-refractivity contribution in [2.45, 2.75) is 40.3 Å². The Morgan fingerprint density at radius 1 is 1.33 bits per heavy atom. The fourth-order valence-corrected chi connectivity index (χ4v) is 2.40. The van der Waals surface area contributed by atoms with Gasteiger partial charge in [0.2, 0.25) is 0 Å². The van der Waals surface area contributed by atoms with Gasteiger partial charge in [-0.25, -0.2) is 0 Å². The first kappa shape index (κ1) is 18.0. The van der Waals surface area contributed by atoms with Crippen molar-refractivity contribution in [3.05, 3.63) is 46.8 Å². The first-order chi connectivity index (χ1) is 11.5. The van der Waals surface area contributed by atoms with Crippen molar-refractivity contribution in [1.82, 2.24) is 15.8 Å². The normalized spacial score (nSPS) is 12.0. The number of amides is 1. The van der Waals surface area contributed by atoms with Gasteiger partial charge in [-0.2, -0.15) is 0 Å². The van der Waals surface area contributed by atoms with Crippen molar-refractivity contribution >= 4 is 5.91 Å². The number of aryl methyl sites for hydroxylation is 2. The van der Waals surface area contributed by atoms with Gasteiger partial charge in [-0.1, -0.05) is 24.2 Å². The van der Waals surface area contributed by atoms with Crippen LogP contribution < -0.4 is 15.4 Å². The lowest BCUT2D eigenvalue weighted by atomic mass is 10.1. The van der Waals surface area contributed by atoms with E-state index in [1.54, 1.807) is 12.1 Å². The molecule has 1 aromatic carbocycles. The minimum absolute atomic E-state index is 0.144. The molecule has 0 fully saturated rings. The van der Waals surface area contributed by atoms with Crippen LogP contribution in [-0.4, -0.2) is 30.2 Å². The Kier molecular flexibility index (Phi) is 6.37. The fraction of sp³-hybridized carbons (Fsp3) is 0.444.